The molecular weight excluding hydrogens is 378 g/mol. The minimum absolute atomic E-state index is 0.0838. The standard InChI is InChI=1S/C16H21N3O9/c1-5-24-16(23)11-6-19(18-17-11)15-14(27-10(4)22)13(26-9(3)21)12(28-15)7-25-8(2)20/h6,12-15H,5,7H2,1-4H3/t12-,13-,14-,15-/m1/s1. The fraction of sp³-hybridized carbons (Fsp3) is 0.625. The van der Waals surface area contributed by atoms with E-state index < -0.39 is 48.4 Å². The molecular formula is C16H21N3O9. The minimum Gasteiger partial charge on any atom is -0.463 e. The van der Waals surface area contributed by atoms with E-state index in [2.05, 4.69) is 10.3 Å². The Bertz CT molecular complexity index is 747. The zero-order chi connectivity index (χ0) is 20.8. The normalized spacial score (nSPS) is 23.7. The van der Waals surface area contributed by atoms with E-state index in [-0.39, 0.29) is 18.9 Å². The number of aromatic nitrogens is 3. The summed E-state index contributed by atoms with van der Waals surface area (Å²) in [4.78, 5) is 46.0. The second-order valence-electron chi connectivity index (χ2n) is 5.82. The van der Waals surface area contributed by atoms with Gasteiger partial charge in [-0.05, 0) is 6.92 Å². The fourth-order valence-electron chi connectivity index (χ4n) is 2.61. The van der Waals surface area contributed by atoms with E-state index in [9.17, 15) is 19.2 Å². The van der Waals surface area contributed by atoms with Crippen LogP contribution in [0.2, 0.25) is 0 Å². The maximum absolute atomic E-state index is 11.8. The molecule has 0 bridgehead atoms. The van der Waals surface area contributed by atoms with Gasteiger partial charge in [0.25, 0.3) is 0 Å². The van der Waals surface area contributed by atoms with E-state index in [0.29, 0.717) is 0 Å². The second kappa shape index (κ2) is 9.26. The zero-order valence-corrected chi connectivity index (χ0v) is 15.8. The molecule has 2 rings (SSSR count). The molecule has 28 heavy (non-hydrogen) atoms. The van der Waals surface area contributed by atoms with Crippen LogP contribution < -0.4 is 0 Å². The van der Waals surface area contributed by atoms with Crippen LogP contribution in [0.4, 0.5) is 0 Å². The van der Waals surface area contributed by atoms with Crippen molar-refractivity contribution in [2.24, 2.45) is 0 Å². The van der Waals surface area contributed by atoms with Gasteiger partial charge in [-0.2, -0.15) is 0 Å². The molecule has 12 heteroatoms. The molecule has 0 saturated carbocycles. The van der Waals surface area contributed by atoms with Gasteiger partial charge in [0.15, 0.2) is 24.1 Å². The summed E-state index contributed by atoms with van der Waals surface area (Å²) in [7, 11) is 0. The van der Waals surface area contributed by atoms with Gasteiger partial charge in [-0.15, -0.1) is 5.10 Å². The number of rotatable bonds is 7. The summed E-state index contributed by atoms with van der Waals surface area (Å²) in [6.45, 7) is 5.10. The Balaban J connectivity index is 2.31. The van der Waals surface area contributed by atoms with Crippen LogP contribution >= 0.6 is 0 Å². The predicted octanol–water partition coefficient (Wildman–Crippen LogP) is -0.221. The molecule has 0 unspecified atom stereocenters. The maximum atomic E-state index is 11.8. The fourth-order valence-corrected chi connectivity index (χ4v) is 2.61. The zero-order valence-electron chi connectivity index (χ0n) is 15.8. The lowest BCUT2D eigenvalue weighted by Crippen LogP contribution is -2.40. The average Bonchev–Trinajstić information content (AvgIpc) is 3.19. The first-order valence-electron chi connectivity index (χ1n) is 8.45. The highest BCUT2D eigenvalue weighted by atomic mass is 16.7. The van der Waals surface area contributed by atoms with Gasteiger partial charge in [0.1, 0.15) is 12.7 Å². The third-order valence-electron chi connectivity index (χ3n) is 3.60. The monoisotopic (exact) mass is 399 g/mol. The summed E-state index contributed by atoms with van der Waals surface area (Å²) < 4.78 is 27.2. The van der Waals surface area contributed by atoms with Crippen LogP contribution in [0.15, 0.2) is 6.20 Å². The number of nitrogens with zero attached hydrogens (tertiary/aromatic N) is 3. The summed E-state index contributed by atoms with van der Waals surface area (Å²) in [6.07, 6.45) is -2.94. The predicted molar refractivity (Wildman–Crippen MR) is 87.6 cm³/mol. The highest BCUT2D eigenvalue weighted by Gasteiger charge is 2.51. The molecule has 154 valence electrons. The third kappa shape index (κ3) is 5.25. The molecule has 0 radical (unpaired) electrons. The molecule has 1 aliphatic heterocycles. The Kier molecular flexibility index (Phi) is 7.04. The Morgan fingerprint density at radius 2 is 1.68 bits per heavy atom. The van der Waals surface area contributed by atoms with Gasteiger partial charge in [0.05, 0.1) is 12.8 Å². The topological polar surface area (TPSA) is 145 Å². The van der Waals surface area contributed by atoms with Gasteiger partial charge < -0.3 is 23.7 Å². The molecule has 12 nitrogen and oxygen atoms in total. The van der Waals surface area contributed by atoms with Gasteiger partial charge in [-0.1, -0.05) is 5.21 Å². The quantitative estimate of drug-likeness (QED) is 0.443. The highest BCUT2D eigenvalue weighted by Crippen LogP contribution is 2.34. The van der Waals surface area contributed by atoms with E-state index in [1.54, 1.807) is 6.92 Å². The molecule has 1 aliphatic rings. The van der Waals surface area contributed by atoms with Crippen molar-refractivity contribution in [1.82, 2.24) is 15.0 Å². The molecule has 1 saturated heterocycles. The lowest BCUT2D eigenvalue weighted by atomic mass is 10.1. The van der Waals surface area contributed by atoms with Crippen molar-refractivity contribution < 1.29 is 42.9 Å². The first kappa shape index (κ1) is 21.3. The smallest absolute Gasteiger partial charge is 0.360 e. The molecule has 0 aliphatic carbocycles. The molecule has 0 aromatic carbocycles. The van der Waals surface area contributed by atoms with Crippen molar-refractivity contribution in [3.8, 4) is 0 Å². The number of carbonyl (C=O) groups excluding carboxylic acids is 4. The Labute approximate surface area is 160 Å². The third-order valence-corrected chi connectivity index (χ3v) is 3.60. The average molecular weight is 399 g/mol. The summed E-state index contributed by atoms with van der Waals surface area (Å²) in [5.41, 5.74) is -0.0838. The van der Waals surface area contributed by atoms with E-state index in [0.717, 1.165) is 4.68 Å². The van der Waals surface area contributed by atoms with Crippen LogP contribution in [0.5, 0.6) is 0 Å². The highest BCUT2D eigenvalue weighted by molar-refractivity contribution is 5.86. The van der Waals surface area contributed by atoms with Crippen molar-refractivity contribution in [3.05, 3.63) is 11.9 Å². The molecule has 0 spiro atoms. The number of ether oxygens (including phenoxy) is 5. The van der Waals surface area contributed by atoms with E-state index in [4.69, 9.17) is 23.7 Å². The van der Waals surface area contributed by atoms with E-state index >= 15 is 0 Å². The minimum atomic E-state index is -1.11. The summed E-state index contributed by atoms with van der Waals surface area (Å²) >= 11 is 0. The van der Waals surface area contributed by atoms with Gasteiger partial charge in [0, 0.05) is 20.8 Å². The summed E-state index contributed by atoms with van der Waals surface area (Å²) in [6, 6.07) is 0. The van der Waals surface area contributed by atoms with Crippen LogP contribution in [0.3, 0.4) is 0 Å². The number of hydrogen-bond acceptors (Lipinski definition) is 11. The first-order valence-corrected chi connectivity index (χ1v) is 8.45. The summed E-state index contributed by atoms with van der Waals surface area (Å²) in [5, 5.41) is 7.51. The second-order valence-corrected chi connectivity index (χ2v) is 5.82. The number of esters is 4. The molecule has 0 amide bonds. The Hall–Kier alpha value is -3.02. The van der Waals surface area contributed by atoms with Crippen LogP contribution in [0.1, 0.15) is 44.4 Å². The Morgan fingerprint density at radius 1 is 1.04 bits per heavy atom. The van der Waals surface area contributed by atoms with Crippen molar-refractivity contribution in [2.45, 2.75) is 52.2 Å². The lowest BCUT2D eigenvalue weighted by molar-refractivity contribution is -0.166. The van der Waals surface area contributed by atoms with Crippen LogP contribution in [-0.4, -0.2) is 70.4 Å². The van der Waals surface area contributed by atoms with Gasteiger partial charge in [0.2, 0.25) is 0 Å². The molecule has 2 heterocycles. The van der Waals surface area contributed by atoms with Gasteiger partial charge >= 0.3 is 23.9 Å². The van der Waals surface area contributed by atoms with Crippen molar-refractivity contribution in [1.29, 1.82) is 0 Å². The largest absolute Gasteiger partial charge is 0.463 e. The van der Waals surface area contributed by atoms with E-state index in [1.807, 2.05) is 0 Å². The molecule has 4 atom stereocenters. The lowest BCUT2D eigenvalue weighted by Gasteiger charge is -2.23. The van der Waals surface area contributed by atoms with Crippen molar-refractivity contribution in [2.75, 3.05) is 13.2 Å². The summed E-state index contributed by atoms with van der Waals surface area (Å²) in [5.74, 6) is -2.56. The molecule has 1 aromatic rings. The van der Waals surface area contributed by atoms with Crippen molar-refractivity contribution in [3.63, 3.8) is 0 Å². The van der Waals surface area contributed by atoms with Crippen LogP contribution in [0.25, 0.3) is 0 Å². The first-order chi connectivity index (χ1) is 13.2. The number of carbonyl (C=O) groups is 4. The van der Waals surface area contributed by atoms with Gasteiger partial charge in [-0.25, -0.2) is 9.48 Å². The molecule has 1 fully saturated rings. The van der Waals surface area contributed by atoms with E-state index in [1.165, 1.54) is 27.0 Å². The molecule has 0 N–H and O–H groups in total. The van der Waals surface area contributed by atoms with Crippen LogP contribution in [-0.2, 0) is 38.1 Å². The SMILES string of the molecule is CCOC(=O)c1cn([C@@H]2O[C@H](COC(C)=O)[C@@H](OC(C)=O)[C@H]2OC(C)=O)nn1. The van der Waals surface area contributed by atoms with Crippen molar-refractivity contribution >= 4 is 23.9 Å². The Morgan fingerprint density at radius 3 is 2.25 bits per heavy atom. The van der Waals surface area contributed by atoms with Gasteiger partial charge in [-0.3, -0.25) is 14.4 Å². The molecule has 1 aromatic heterocycles. The maximum Gasteiger partial charge on any atom is 0.360 e. The number of hydrogen-bond donors (Lipinski definition) is 0. The van der Waals surface area contributed by atoms with Crippen LogP contribution in [0, 0.1) is 0 Å².